The molecule has 6 heteroatoms. The van der Waals surface area contributed by atoms with Crippen molar-refractivity contribution in [3.63, 3.8) is 0 Å². The van der Waals surface area contributed by atoms with Crippen LogP contribution in [0.1, 0.15) is 52.9 Å². The Labute approximate surface area is 127 Å². The number of hydrogen-bond donors (Lipinski definition) is 2. The molecule has 1 fully saturated rings. The smallest absolute Gasteiger partial charge is 0.410 e. The lowest BCUT2D eigenvalue weighted by molar-refractivity contribution is -0.118. The van der Waals surface area contributed by atoms with Crippen LogP contribution in [0.25, 0.3) is 0 Å². The van der Waals surface area contributed by atoms with E-state index >= 15 is 0 Å². The van der Waals surface area contributed by atoms with E-state index in [1.807, 2.05) is 20.8 Å². The number of primary amides is 1. The Morgan fingerprint density at radius 2 is 2.00 bits per heavy atom. The van der Waals surface area contributed by atoms with Gasteiger partial charge in [0.05, 0.1) is 0 Å². The molecule has 0 aromatic rings. The molecule has 0 saturated carbocycles. The Morgan fingerprint density at radius 1 is 1.29 bits per heavy atom. The predicted molar refractivity (Wildman–Crippen MR) is 81.9 cm³/mol. The lowest BCUT2D eigenvalue weighted by atomic mass is 10.1. The molecule has 1 unspecified atom stereocenters. The van der Waals surface area contributed by atoms with E-state index in [2.05, 4.69) is 5.32 Å². The first-order chi connectivity index (χ1) is 9.78. The van der Waals surface area contributed by atoms with Crippen molar-refractivity contribution in [2.75, 3.05) is 19.6 Å². The van der Waals surface area contributed by atoms with Crippen molar-refractivity contribution >= 4 is 12.0 Å². The normalized spacial score (nSPS) is 20.0. The van der Waals surface area contributed by atoms with Gasteiger partial charge in [0.2, 0.25) is 5.91 Å². The molecule has 2 amide bonds. The van der Waals surface area contributed by atoms with Gasteiger partial charge in [-0.1, -0.05) is 0 Å². The molecule has 1 rings (SSSR count). The number of hydrogen-bond acceptors (Lipinski definition) is 4. The van der Waals surface area contributed by atoms with Gasteiger partial charge in [0, 0.05) is 25.6 Å². The van der Waals surface area contributed by atoms with Crippen molar-refractivity contribution in [2.24, 2.45) is 5.73 Å². The molecule has 6 nitrogen and oxygen atoms in total. The molecule has 0 radical (unpaired) electrons. The fourth-order valence-electron chi connectivity index (χ4n) is 2.38. The predicted octanol–water partition coefficient (Wildman–Crippen LogP) is 1.63. The maximum Gasteiger partial charge on any atom is 0.410 e. The summed E-state index contributed by atoms with van der Waals surface area (Å²) in [7, 11) is 0. The molecule has 1 saturated heterocycles. The van der Waals surface area contributed by atoms with Gasteiger partial charge in [0.25, 0.3) is 0 Å². The molecule has 0 aliphatic carbocycles. The molecular formula is C15H29N3O3. The monoisotopic (exact) mass is 299 g/mol. The van der Waals surface area contributed by atoms with E-state index < -0.39 is 5.60 Å². The average Bonchev–Trinajstić information content (AvgIpc) is 2.58. The van der Waals surface area contributed by atoms with E-state index in [1.54, 1.807) is 4.90 Å². The second kappa shape index (κ2) is 8.22. The summed E-state index contributed by atoms with van der Waals surface area (Å²) in [6.07, 6.45) is 3.88. The van der Waals surface area contributed by atoms with E-state index in [1.165, 1.54) is 0 Å². The van der Waals surface area contributed by atoms with Crippen LogP contribution in [0.3, 0.4) is 0 Å². The standard InChI is InChI=1S/C15H29N3O3/c1-15(2,3)21-14(20)18-10-5-6-12(8-11-18)17-9-4-7-13(16)19/h12,17H,4-11H2,1-3H3,(H2,16,19). The van der Waals surface area contributed by atoms with E-state index in [-0.39, 0.29) is 12.0 Å². The van der Waals surface area contributed by atoms with Crippen LogP contribution in [0.15, 0.2) is 0 Å². The highest BCUT2D eigenvalue weighted by Gasteiger charge is 2.24. The number of nitrogens with two attached hydrogens (primary N) is 1. The van der Waals surface area contributed by atoms with Crippen LogP contribution in [0, 0.1) is 0 Å². The van der Waals surface area contributed by atoms with Crippen LogP contribution < -0.4 is 11.1 Å². The van der Waals surface area contributed by atoms with Crippen LogP contribution in [-0.2, 0) is 9.53 Å². The van der Waals surface area contributed by atoms with Crippen molar-refractivity contribution in [2.45, 2.75) is 64.5 Å². The summed E-state index contributed by atoms with van der Waals surface area (Å²) >= 11 is 0. The number of likely N-dealkylation sites (tertiary alicyclic amines) is 1. The number of nitrogens with zero attached hydrogens (tertiary/aromatic N) is 1. The van der Waals surface area contributed by atoms with Crippen molar-refractivity contribution in [1.29, 1.82) is 0 Å². The molecule has 1 aliphatic heterocycles. The fourth-order valence-corrected chi connectivity index (χ4v) is 2.38. The quantitative estimate of drug-likeness (QED) is 0.756. The average molecular weight is 299 g/mol. The molecule has 1 atom stereocenters. The third-order valence-corrected chi connectivity index (χ3v) is 3.41. The largest absolute Gasteiger partial charge is 0.444 e. The summed E-state index contributed by atoms with van der Waals surface area (Å²) in [5.74, 6) is -0.256. The van der Waals surface area contributed by atoms with Gasteiger partial charge in [0.15, 0.2) is 0 Å². The van der Waals surface area contributed by atoms with Gasteiger partial charge in [-0.15, -0.1) is 0 Å². The van der Waals surface area contributed by atoms with Crippen molar-refractivity contribution in [3.8, 4) is 0 Å². The summed E-state index contributed by atoms with van der Waals surface area (Å²) in [5, 5.41) is 3.44. The summed E-state index contributed by atoms with van der Waals surface area (Å²) in [6.45, 7) is 7.89. The Morgan fingerprint density at radius 3 is 2.62 bits per heavy atom. The second-order valence-corrected chi connectivity index (χ2v) is 6.62. The molecule has 0 spiro atoms. The highest BCUT2D eigenvalue weighted by Crippen LogP contribution is 2.15. The van der Waals surface area contributed by atoms with Gasteiger partial charge in [-0.05, 0) is 53.0 Å². The lowest BCUT2D eigenvalue weighted by Crippen LogP contribution is -2.38. The number of rotatable bonds is 5. The van der Waals surface area contributed by atoms with Gasteiger partial charge in [-0.25, -0.2) is 4.79 Å². The number of ether oxygens (including phenoxy) is 1. The first-order valence-electron chi connectivity index (χ1n) is 7.77. The van der Waals surface area contributed by atoms with E-state index in [9.17, 15) is 9.59 Å². The van der Waals surface area contributed by atoms with Crippen LogP contribution in [0.4, 0.5) is 4.79 Å². The molecule has 0 aromatic heterocycles. The highest BCUT2D eigenvalue weighted by molar-refractivity contribution is 5.73. The zero-order chi connectivity index (χ0) is 15.9. The minimum absolute atomic E-state index is 0.225. The maximum absolute atomic E-state index is 12.0. The fraction of sp³-hybridized carbons (Fsp3) is 0.867. The van der Waals surface area contributed by atoms with Gasteiger partial charge < -0.3 is 20.7 Å². The summed E-state index contributed by atoms with van der Waals surface area (Å²) in [6, 6.07) is 0.394. The summed E-state index contributed by atoms with van der Waals surface area (Å²) < 4.78 is 5.41. The van der Waals surface area contributed by atoms with Gasteiger partial charge in [-0.3, -0.25) is 4.79 Å². The van der Waals surface area contributed by atoms with Gasteiger partial charge >= 0.3 is 6.09 Å². The third kappa shape index (κ3) is 7.90. The molecule has 0 bridgehead atoms. The molecule has 122 valence electrons. The van der Waals surface area contributed by atoms with E-state index in [4.69, 9.17) is 10.5 Å². The van der Waals surface area contributed by atoms with Crippen molar-refractivity contribution < 1.29 is 14.3 Å². The zero-order valence-corrected chi connectivity index (χ0v) is 13.5. The molecule has 21 heavy (non-hydrogen) atoms. The summed E-state index contributed by atoms with van der Waals surface area (Å²) in [4.78, 5) is 24.5. The van der Waals surface area contributed by atoms with E-state index in [0.717, 1.165) is 38.8 Å². The highest BCUT2D eigenvalue weighted by atomic mass is 16.6. The van der Waals surface area contributed by atoms with Crippen LogP contribution >= 0.6 is 0 Å². The summed E-state index contributed by atoms with van der Waals surface area (Å²) in [5.41, 5.74) is 4.67. The molecule has 1 heterocycles. The third-order valence-electron chi connectivity index (χ3n) is 3.41. The molecule has 3 N–H and O–H groups in total. The number of amides is 2. The molecule has 1 aliphatic rings. The number of nitrogens with one attached hydrogen (secondary N) is 1. The van der Waals surface area contributed by atoms with Crippen LogP contribution in [0.2, 0.25) is 0 Å². The number of carbonyl (C=O) groups excluding carboxylic acids is 2. The molecule has 0 aromatic carbocycles. The Bertz CT molecular complexity index is 353. The second-order valence-electron chi connectivity index (χ2n) is 6.62. The van der Waals surface area contributed by atoms with Gasteiger partial charge in [-0.2, -0.15) is 0 Å². The number of carbonyl (C=O) groups is 2. The minimum atomic E-state index is -0.449. The minimum Gasteiger partial charge on any atom is -0.444 e. The Hall–Kier alpha value is -1.30. The van der Waals surface area contributed by atoms with Crippen LogP contribution in [0.5, 0.6) is 0 Å². The van der Waals surface area contributed by atoms with E-state index in [0.29, 0.717) is 19.0 Å². The Kier molecular flexibility index (Phi) is 6.95. The lowest BCUT2D eigenvalue weighted by Gasteiger charge is -2.26. The topological polar surface area (TPSA) is 84.7 Å². The maximum atomic E-state index is 12.0. The Balaban J connectivity index is 2.30. The van der Waals surface area contributed by atoms with Crippen molar-refractivity contribution in [3.05, 3.63) is 0 Å². The van der Waals surface area contributed by atoms with Gasteiger partial charge in [0.1, 0.15) is 5.60 Å². The van der Waals surface area contributed by atoms with Crippen LogP contribution in [-0.4, -0.2) is 48.2 Å². The van der Waals surface area contributed by atoms with Crippen molar-refractivity contribution in [1.82, 2.24) is 10.2 Å². The zero-order valence-electron chi connectivity index (χ0n) is 13.5. The first kappa shape index (κ1) is 17.8. The SMILES string of the molecule is CC(C)(C)OC(=O)N1CCCC(NCCCC(N)=O)CC1. The molecular weight excluding hydrogens is 270 g/mol. The first-order valence-corrected chi connectivity index (χ1v) is 7.77.